The van der Waals surface area contributed by atoms with E-state index in [2.05, 4.69) is 177 Å². The van der Waals surface area contributed by atoms with E-state index < -0.39 is 5.41 Å². The molecule has 0 amide bonds. The zero-order valence-electron chi connectivity index (χ0n) is 40.4. The number of ether oxygens (including phenoxy) is 1. The third-order valence-corrected chi connectivity index (χ3v) is 15.7. The summed E-state index contributed by atoms with van der Waals surface area (Å²) in [5, 5.41) is 3.96. The third-order valence-electron chi connectivity index (χ3n) is 15.7. The second-order valence-electron chi connectivity index (χ2n) is 22.8. The van der Waals surface area contributed by atoms with Crippen LogP contribution in [0.15, 0.2) is 127 Å². The molecule has 64 heavy (non-hydrogen) atoms. The number of hydrogen-bond acceptors (Lipinski definition) is 4. The Labute approximate surface area is 383 Å². The van der Waals surface area contributed by atoms with Gasteiger partial charge in [-0.25, -0.2) is 0 Å². The molecule has 0 aromatic heterocycles. The van der Waals surface area contributed by atoms with Crippen molar-refractivity contribution in [2.75, 3.05) is 10.2 Å². The number of anilines is 5. The summed E-state index contributed by atoms with van der Waals surface area (Å²) >= 11 is 0. The number of hydrogen-bond donors (Lipinski definition) is 1. The molecule has 0 bridgehead atoms. The standard InChI is InChI=1S/C60H68N2O2/c1-55(2)29-31-57(5,6)50-36-42(25-27-47(50)55)62(43-26-28-48-51(37-43)58(7,8)32-30-56(48,3)4)44-34-40(59(9,10)54(63)64-38-39-19-14-13-15-20-39)33-41(35-44)61-52-24-18-23-49-53(52)45-21-16-17-22-46(45)60(49,11)12/h13-28,33-37,61H,29-32,38H2,1-12H3. The minimum absolute atomic E-state index is 0.0191. The van der Waals surface area contributed by atoms with Crippen LogP contribution >= 0.6 is 0 Å². The molecular weight excluding hydrogens is 781 g/mol. The lowest BCUT2D eigenvalue weighted by molar-refractivity contribution is -0.150. The maximum Gasteiger partial charge on any atom is 0.316 e. The fraction of sp³-hybridized carbons (Fsp3) is 0.383. The molecule has 0 aliphatic heterocycles. The number of fused-ring (bicyclic) bond motifs is 5. The largest absolute Gasteiger partial charge is 0.460 e. The van der Waals surface area contributed by atoms with Crippen LogP contribution in [0.4, 0.5) is 28.4 Å². The van der Waals surface area contributed by atoms with Crippen LogP contribution in [0.5, 0.6) is 0 Å². The molecule has 0 saturated carbocycles. The minimum Gasteiger partial charge on any atom is -0.460 e. The predicted molar refractivity (Wildman–Crippen MR) is 268 cm³/mol. The first-order valence-corrected chi connectivity index (χ1v) is 23.6. The smallest absolute Gasteiger partial charge is 0.316 e. The molecule has 0 unspecified atom stereocenters. The van der Waals surface area contributed by atoms with Crippen molar-refractivity contribution in [3.8, 4) is 11.1 Å². The Bertz CT molecular complexity index is 2710. The van der Waals surface area contributed by atoms with E-state index in [1.54, 1.807) is 0 Å². The van der Waals surface area contributed by atoms with E-state index in [4.69, 9.17) is 4.74 Å². The number of benzene rings is 6. The monoisotopic (exact) mass is 849 g/mol. The highest BCUT2D eigenvalue weighted by atomic mass is 16.5. The van der Waals surface area contributed by atoms with Gasteiger partial charge in [0.1, 0.15) is 6.61 Å². The topological polar surface area (TPSA) is 41.6 Å². The van der Waals surface area contributed by atoms with Gasteiger partial charge < -0.3 is 15.0 Å². The normalized spacial score (nSPS) is 18.2. The number of nitrogens with zero attached hydrogens (tertiary/aromatic N) is 1. The van der Waals surface area contributed by atoms with Gasteiger partial charge in [-0.1, -0.05) is 148 Å². The van der Waals surface area contributed by atoms with E-state index in [-0.39, 0.29) is 39.7 Å². The van der Waals surface area contributed by atoms with Gasteiger partial charge in [0.15, 0.2) is 0 Å². The number of nitrogens with one attached hydrogen (secondary N) is 1. The van der Waals surface area contributed by atoms with Gasteiger partial charge in [-0.15, -0.1) is 0 Å². The molecule has 3 aliphatic rings. The van der Waals surface area contributed by atoms with Gasteiger partial charge in [0, 0.05) is 39.4 Å². The number of carbonyl (C=O) groups is 1. The molecule has 3 aliphatic carbocycles. The summed E-state index contributed by atoms with van der Waals surface area (Å²) in [6, 6.07) is 46.4. The van der Waals surface area contributed by atoms with Crippen LogP contribution < -0.4 is 10.2 Å². The van der Waals surface area contributed by atoms with E-state index in [1.165, 1.54) is 44.5 Å². The van der Waals surface area contributed by atoms with Crippen LogP contribution in [0.3, 0.4) is 0 Å². The van der Waals surface area contributed by atoms with E-state index in [1.807, 2.05) is 44.2 Å². The lowest BCUT2D eigenvalue weighted by Crippen LogP contribution is -2.34. The first kappa shape index (κ1) is 43.6. The second kappa shape index (κ2) is 15.3. The minimum atomic E-state index is -0.982. The van der Waals surface area contributed by atoms with Crippen LogP contribution in [0.25, 0.3) is 11.1 Å². The summed E-state index contributed by atoms with van der Waals surface area (Å²) in [5.74, 6) is -0.266. The van der Waals surface area contributed by atoms with Crippen LogP contribution in [-0.4, -0.2) is 5.97 Å². The second-order valence-corrected chi connectivity index (χ2v) is 22.8. The van der Waals surface area contributed by atoms with E-state index >= 15 is 0 Å². The van der Waals surface area contributed by atoms with Gasteiger partial charge in [-0.3, -0.25) is 4.79 Å². The number of carbonyl (C=O) groups excluding carboxylic acids is 1. The summed E-state index contributed by atoms with van der Waals surface area (Å²) in [7, 11) is 0. The lowest BCUT2D eigenvalue weighted by Gasteiger charge is -2.43. The Morgan fingerprint density at radius 3 is 1.67 bits per heavy atom. The van der Waals surface area contributed by atoms with Gasteiger partial charge in [0.05, 0.1) is 5.41 Å². The van der Waals surface area contributed by atoms with Crippen molar-refractivity contribution in [3.05, 3.63) is 172 Å². The van der Waals surface area contributed by atoms with Crippen LogP contribution in [0.2, 0.25) is 0 Å². The fourth-order valence-corrected chi connectivity index (χ4v) is 11.1. The molecule has 0 radical (unpaired) electrons. The molecule has 6 aromatic carbocycles. The highest BCUT2D eigenvalue weighted by Crippen LogP contribution is 2.54. The molecule has 9 rings (SSSR count). The molecule has 6 aromatic rings. The van der Waals surface area contributed by atoms with E-state index in [9.17, 15) is 4.79 Å². The average molecular weight is 849 g/mol. The van der Waals surface area contributed by atoms with Crippen molar-refractivity contribution < 1.29 is 9.53 Å². The SMILES string of the molecule is CC1(C)CCC(C)(C)c2cc(N(c3cc(Nc4cccc5c4-c4ccccc4C5(C)C)cc(C(C)(C)C(=O)OCc4ccccc4)c3)c3ccc4c(c3)C(C)(C)CCC4(C)C)ccc21. The quantitative estimate of drug-likeness (QED) is 0.147. The summed E-state index contributed by atoms with van der Waals surface area (Å²) in [6.45, 7) is 28.1. The van der Waals surface area contributed by atoms with Gasteiger partial charge >= 0.3 is 5.97 Å². The fourth-order valence-electron chi connectivity index (χ4n) is 11.1. The van der Waals surface area contributed by atoms with Crippen LogP contribution in [0, 0.1) is 0 Å². The van der Waals surface area contributed by atoms with Crippen LogP contribution in [0.1, 0.15) is 153 Å². The number of esters is 1. The van der Waals surface area contributed by atoms with E-state index in [0.717, 1.165) is 65.2 Å². The molecule has 0 atom stereocenters. The summed E-state index contributed by atoms with van der Waals surface area (Å²) in [6.07, 6.45) is 4.57. The van der Waals surface area contributed by atoms with Crippen molar-refractivity contribution in [1.29, 1.82) is 0 Å². The summed E-state index contributed by atoms with van der Waals surface area (Å²) in [5.41, 5.74) is 16.9. The highest BCUT2D eigenvalue weighted by Gasteiger charge is 2.41. The van der Waals surface area contributed by atoms with Crippen LogP contribution in [-0.2, 0) is 48.6 Å². The zero-order chi connectivity index (χ0) is 45.6. The Morgan fingerprint density at radius 1 is 0.547 bits per heavy atom. The van der Waals surface area contributed by atoms with Gasteiger partial charge in [-0.05, 0) is 160 Å². The first-order chi connectivity index (χ1) is 30.1. The summed E-state index contributed by atoms with van der Waals surface area (Å²) in [4.78, 5) is 16.9. The molecule has 0 spiro atoms. The lowest BCUT2D eigenvalue weighted by atomic mass is 9.63. The molecule has 0 fully saturated rings. The Balaban J connectivity index is 1.26. The molecule has 0 saturated heterocycles. The van der Waals surface area contributed by atoms with Gasteiger partial charge in [0.2, 0.25) is 0 Å². The molecular formula is C60H68N2O2. The maximum absolute atomic E-state index is 14.4. The predicted octanol–water partition coefficient (Wildman–Crippen LogP) is 15.9. The highest BCUT2D eigenvalue weighted by molar-refractivity contribution is 5.92. The van der Waals surface area contributed by atoms with Gasteiger partial charge in [-0.2, -0.15) is 0 Å². The Morgan fingerprint density at radius 2 is 1.08 bits per heavy atom. The van der Waals surface area contributed by atoms with Crippen molar-refractivity contribution >= 4 is 34.4 Å². The van der Waals surface area contributed by atoms with Crippen molar-refractivity contribution in [3.63, 3.8) is 0 Å². The maximum atomic E-state index is 14.4. The summed E-state index contributed by atoms with van der Waals surface area (Å²) < 4.78 is 6.13. The molecule has 4 heteroatoms. The average Bonchev–Trinajstić information content (AvgIpc) is 3.50. The number of rotatable bonds is 9. The molecule has 1 N–H and O–H groups in total. The first-order valence-electron chi connectivity index (χ1n) is 23.6. The molecule has 0 heterocycles. The van der Waals surface area contributed by atoms with Crippen molar-refractivity contribution in [2.24, 2.45) is 0 Å². The molecule has 4 nitrogen and oxygen atoms in total. The van der Waals surface area contributed by atoms with Crippen molar-refractivity contribution in [1.82, 2.24) is 0 Å². The Hall–Kier alpha value is -5.61. The molecule has 330 valence electrons. The van der Waals surface area contributed by atoms with Gasteiger partial charge in [0.25, 0.3) is 0 Å². The van der Waals surface area contributed by atoms with Crippen molar-refractivity contribution in [2.45, 2.75) is 148 Å². The van der Waals surface area contributed by atoms with E-state index in [0.29, 0.717) is 0 Å². The Kier molecular flexibility index (Phi) is 10.4. The third kappa shape index (κ3) is 7.45. The zero-order valence-corrected chi connectivity index (χ0v) is 40.4.